The summed E-state index contributed by atoms with van der Waals surface area (Å²) in [7, 11) is 1.61. The van der Waals surface area contributed by atoms with Gasteiger partial charge >= 0.3 is 0 Å². The monoisotopic (exact) mass is 394 g/mol. The number of amides is 1. The number of hydrogen-bond donors (Lipinski definition) is 1. The Bertz CT molecular complexity index is 1120. The van der Waals surface area contributed by atoms with Crippen LogP contribution in [0.25, 0.3) is 21.6 Å². The van der Waals surface area contributed by atoms with E-state index in [1.165, 1.54) is 11.3 Å². The minimum absolute atomic E-state index is 0.138. The number of fused-ring (bicyclic) bond motifs is 1. The summed E-state index contributed by atoms with van der Waals surface area (Å²) in [4.78, 5) is 21.1. The number of hydrogen-bond acceptors (Lipinski definition) is 7. The van der Waals surface area contributed by atoms with Crippen molar-refractivity contribution >= 4 is 32.6 Å². The summed E-state index contributed by atoms with van der Waals surface area (Å²) in [6, 6.07) is 13.4. The molecule has 4 rings (SSSR count). The normalized spacial score (nSPS) is 10.9. The molecule has 0 aliphatic heterocycles. The maximum Gasteiger partial charge on any atom is 0.227 e. The van der Waals surface area contributed by atoms with E-state index in [4.69, 9.17) is 9.26 Å². The van der Waals surface area contributed by atoms with Gasteiger partial charge in [-0.2, -0.15) is 4.98 Å². The number of aryl methyl sites for hydroxylation is 2. The molecule has 28 heavy (non-hydrogen) atoms. The second-order valence-corrected chi connectivity index (χ2v) is 7.26. The van der Waals surface area contributed by atoms with Gasteiger partial charge in [-0.15, -0.1) is 0 Å². The maximum absolute atomic E-state index is 12.2. The quantitative estimate of drug-likeness (QED) is 0.526. The summed E-state index contributed by atoms with van der Waals surface area (Å²) >= 11 is 1.46. The first-order chi connectivity index (χ1) is 13.6. The fraction of sp³-hybridized carbons (Fsp3) is 0.200. The van der Waals surface area contributed by atoms with Crippen molar-refractivity contribution < 1.29 is 14.1 Å². The number of carbonyl (C=O) groups excluding carboxylic acids is 1. The Morgan fingerprint density at radius 1 is 1.18 bits per heavy atom. The van der Waals surface area contributed by atoms with Crippen molar-refractivity contribution in [2.75, 3.05) is 12.4 Å². The number of carbonyl (C=O) groups is 1. The van der Waals surface area contributed by atoms with Gasteiger partial charge in [0.25, 0.3) is 0 Å². The fourth-order valence-electron chi connectivity index (χ4n) is 2.76. The predicted molar refractivity (Wildman–Crippen MR) is 108 cm³/mol. The molecule has 0 spiro atoms. The Morgan fingerprint density at radius 3 is 2.75 bits per heavy atom. The van der Waals surface area contributed by atoms with Crippen LogP contribution in [-0.2, 0) is 11.2 Å². The van der Waals surface area contributed by atoms with Gasteiger partial charge in [0.15, 0.2) is 5.13 Å². The number of ether oxygens (including phenoxy) is 1. The van der Waals surface area contributed by atoms with Crippen molar-refractivity contribution in [2.24, 2.45) is 0 Å². The van der Waals surface area contributed by atoms with Crippen molar-refractivity contribution in [3.05, 3.63) is 53.9 Å². The van der Waals surface area contributed by atoms with Gasteiger partial charge < -0.3 is 14.6 Å². The van der Waals surface area contributed by atoms with E-state index in [9.17, 15) is 4.79 Å². The summed E-state index contributed by atoms with van der Waals surface area (Å²) in [5.41, 5.74) is 2.83. The molecule has 0 atom stereocenters. The van der Waals surface area contributed by atoms with Gasteiger partial charge in [-0.3, -0.25) is 4.79 Å². The van der Waals surface area contributed by atoms with Crippen LogP contribution < -0.4 is 10.1 Å². The van der Waals surface area contributed by atoms with Gasteiger partial charge in [0.05, 0.1) is 17.3 Å². The minimum atomic E-state index is -0.138. The molecular formula is C20H18N4O3S. The summed E-state index contributed by atoms with van der Waals surface area (Å²) in [6.07, 6.45) is 0.595. The highest BCUT2D eigenvalue weighted by molar-refractivity contribution is 7.22. The van der Waals surface area contributed by atoms with E-state index in [2.05, 4.69) is 20.4 Å². The lowest BCUT2D eigenvalue weighted by molar-refractivity contribution is -0.116. The Kier molecular flexibility index (Phi) is 5.03. The Labute approximate surface area is 165 Å². The zero-order chi connectivity index (χ0) is 19.5. The molecular weight excluding hydrogens is 376 g/mol. The SMILES string of the molecule is COc1ccc(-c2noc(CCC(=O)Nc3nc4c(C)cccc4s3)n2)cc1. The fourth-order valence-corrected chi connectivity index (χ4v) is 3.72. The lowest BCUT2D eigenvalue weighted by Crippen LogP contribution is -2.12. The molecule has 0 saturated heterocycles. The highest BCUT2D eigenvalue weighted by Crippen LogP contribution is 2.28. The average Bonchev–Trinajstić information content (AvgIpc) is 3.34. The van der Waals surface area contributed by atoms with E-state index in [-0.39, 0.29) is 12.3 Å². The van der Waals surface area contributed by atoms with Crippen LogP contribution in [0.5, 0.6) is 5.75 Å². The number of rotatable bonds is 6. The van der Waals surface area contributed by atoms with E-state index in [0.29, 0.717) is 23.3 Å². The van der Waals surface area contributed by atoms with Gasteiger partial charge in [0.1, 0.15) is 5.75 Å². The second-order valence-electron chi connectivity index (χ2n) is 6.23. The molecule has 0 fully saturated rings. The molecule has 0 saturated carbocycles. The van der Waals surface area contributed by atoms with E-state index in [1.807, 2.05) is 49.4 Å². The van der Waals surface area contributed by atoms with E-state index in [0.717, 1.165) is 27.1 Å². The van der Waals surface area contributed by atoms with Crippen LogP contribution in [-0.4, -0.2) is 28.1 Å². The third-order valence-electron chi connectivity index (χ3n) is 4.25. The summed E-state index contributed by atoms with van der Waals surface area (Å²) < 4.78 is 11.4. The molecule has 2 aromatic carbocycles. The van der Waals surface area contributed by atoms with Crippen LogP contribution in [0.3, 0.4) is 0 Å². The largest absolute Gasteiger partial charge is 0.497 e. The van der Waals surface area contributed by atoms with Crippen LogP contribution in [0.15, 0.2) is 47.0 Å². The van der Waals surface area contributed by atoms with Gasteiger partial charge in [0.2, 0.25) is 17.6 Å². The Balaban J connectivity index is 1.36. The molecule has 2 aromatic heterocycles. The molecule has 0 radical (unpaired) electrons. The number of nitrogens with one attached hydrogen (secondary N) is 1. The van der Waals surface area contributed by atoms with Crippen LogP contribution >= 0.6 is 11.3 Å². The number of thiazole rings is 1. The highest BCUT2D eigenvalue weighted by Gasteiger charge is 2.13. The number of benzene rings is 2. The second kappa shape index (κ2) is 7.77. The lowest BCUT2D eigenvalue weighted by Gasteiger charge is -1.99. The van der Waals surface area contributed by atoms with Crippen LogP contribution in [0.2, 0.25) is 0 Å². The first-order valence-electron chi connectivity index (χ1n) is 8.75. The minimum Gasteiger partial charge on any atom is -0.497 e. The molecule has 8 heteroatoms. The summed E-state index contributed by atoms with van der Waals surface area (Å²) in [5, 5.41) is 7.41. The van der Waals surface area contributed by atoms with Crippen molar-refractivity contribution in [1.29, 1.82) is 0 Å². The lowest BCUT2D eigenvalue weighted by atomic mass is 10.2. The average molecular weight is 394 g/mol. The van der Waals surface area contributed by atoms with Crippen molar-refractivity contribution in [3.8, 4) is 17.1 Å². The predicted octanol–water partition coefficient (Wildman–Crippen LogP) is 4.23. The third-order valence-corrected chi connectivity index (χ3v) is 5.19. The van der Waals surface area contributed by atoms with Gasteiger partial charge in [-0.05, 0) is 42.8 Å². The number of para-hydroxylation sites is 1. The Morgan fingerprint density at radius 2 is 2.00 bits per heavy atom. The number of anilines is 1. The molecule has 0 unspecified atom stereocenters. The van der Waals surface area contributed by atoms with Crippen LogP contribution in [0.4, 0.5) is 5.13 Å². The van der Waals surface area contributed by atoms with Gasteiger partial charge in [-0.25, -0.2) is 4.98 Å². The molecule has 1 amide bonds. The number of aromatic nitrogens is 3. The van der Waals surface area contributed by atoms with Crippen LogP contribution in [0, 0.1) is 6.92 Å². The zero-order valence-electron chi connectivity index (χ0n) is 15.4. The summed E-state index contributed by atoms with van der Waals surface area (Å²) in [5.74, 6) is 1.52. The number of methoxy groups -OCH3 is 1. The highest BCUT2D eigenvalue weighted by atomic mass is 32.1. The van der Waals surface area contributed by atoms with Crippen LogP contribution in [0.1, 0.15) is 17.9 Å². The summed E-state index contributed by atoms with van der Waals surface area (Å²) in [6.45, 7) is 2.00. The standard InChI is InChI=1S/C20H18N4O3S/c1-12-4-3-5-15-18(12)23-20(28-15)21-16(25)10-11-17-22-19(24-27-17)13-6-8-14(26-2)9-7-13/h3-9H,10-11H2,1-2H3,(H,21,23,25). The molecule has 0 aliphatic rings. The van der Waals surface area contributed by atoms with Crippen molar-refractivity contribution in [3.63, 3.8) is 0 Å². The van der Waals surface area contributed by atoms with E-state index in [1.54, 1.807) is 7.11 Å². The van der Waals surface area contributed by atoms with Gasteiger partial charge in [-0.1, -0.05) is 28.6 Å². The number of nitrogens with zero attached hydrogens (tertiary/aromatic N) is 3. The first kappa shape index (κ1) is 18.1. The molecule has 7 nitrogen and oxygen atoms in total. The molecule has 0 aliphatic carbocycles. The van der Waals surface area contributed by atoms with Crippen molar-refractivity contribution in [1.82, 2.24) is 15.1 Å². The molecule has 142 valence electrons. The van der Waals surface area contributed by atoms with E-state index >= 15 is 0 Å². The molecule has 2 heterocycles. The molecule has 0 bridgehead atoms. The van der Waals surface area contributed by atoms with Gasteiger partial charge in [0, 0.05) is 18.4 Å². The molecule has 4 aromatic rings. The zero-order valence-corrected chi connectivity index (χ0v) is 16.2. The smallest absolute Gasteiger partial charge is 0.227 e. The molecule has 1 N–H and O–H groups in total. The third kappa shape index (κ3) is 3.86. The maximum atomic E-state index is 12.2. The van der Waals surface area contributed by atoms with E-state index < -0.39 is 0 Å². The topological polar surface area (TPSA) is 90.1 Å². The Hall–Kier alpha value is -3.26. The van der Waals surface area contributed by atoms with Crippen molar-refractivity contribution in [2.45, 2.75) is 19.8 Å². The first-order valence-corrected chi connectivity index (χ1v) is 9.57.